The number of aliphatic hydroxyl groups excluding tert-OH is 1. The van der Waals surface area contributed by atoms with E-state index in [0.29, 0.717) is 17.9 Å². The normalized spacial score (nSPS) is 31.0. The summed E-state index contributed by atoms with van der Waals surface area (Å²) in [5.74, 6) is -2.90. The molecule has 11 nitrogen and oxygen atoms in total. The third-order valence-electron chi connectivity index (χ3n) is 6.23. The molecule has 32 heavy (non-hydrogen) atoms. The van der Waals surface area contributed by atoms with Crippen molar-refractivity contribution in [3.8, 4) is 0 Å². The van der Waals surface area contributed by atoms with E-state index in [1.807, 2.05) is 6.92 Å². The average Bonchev–Trinajstić information content (AvgIpc) is 3.24. The Balaban J connectivity index is 1.61. The maximum Gasteiger partial charge on any atom is 0.353 e. The first-order valence-corrected chi connectivity index (χ1v) is 12.9. The van der Waals surface area contributed by atoms with Crippen LogP contribution in [0.3, 0.4) is 0 Å². The van der Waals surface area contributed by atoms with Gasteiger partial charge in [-0.3, -0.25) is 9.59 Å². The maximum atomic E-state index is 12.4. The van der Waals surface area contributed by atoms with E-state index in [0.717, 1.165) is 4.31 Å². The Bertz CT molecular complexity index is 934. The molecule has 2 fully saturated rings. The number of β-lactam (4-membered cyclic amide) rings is 1. The van der Waals surface area contributed by atoms with Gasteiger partial charge in [0.25, 0.3) is 0 Å². The number of thioether (sulfide) groups is 1. The molecule has 0 aromatic carbocycles. The van der Waals surface area contributed by atoms with Crippen molar-refractivity contribution < 1.29 is 33.0 Å². The van der Waals surface area contributed by atoms with Gasteiger partial charge in [-0.15, -0.1) is 11.8 Å². The molecule has 0 radical (unpaired) electrons. The lowest BCUT2D eigenvalue weighted by Crippen LogP contribution is -2.63. The van der Waals surface area contributed by atoms with E-state index in [1.54, 1.807) is 0 Å². The lowest BCUT2D eigenvalue weighted by molar-refractivity contribution is -0.163. The first-order valence-electron chi connectivity index (χ1n) is 10.4. The van der Waals surface area contributed by atoms with Gasteiger partial charge in [0, 0.05) is 43.3 Å². The van der Waals surface area contributed by atoms with Gasteiger partial charge in [-0.05, 0) is 13.3 Å². The molecule has 0 aromatic heterocycles. The molecule has 0 spiro atoms. The Hall–Kier alpha value is -1.67. The van der Waals surface area contributed by atoms with Crippen molar-refractivity contribution in [3.05, 3.63) is 10.6 Å². The van der Waals surface area contributed by atoms with Gasteiger partial charge in [0.1, 0.15) is 5.70 Å². The Morgan fingerprint density at radius 1 is 1.38 bits per heavy atom. The second kappa shape index (κ2) is 9.29. The first kappa shape index (κ1) is 25.0. The molecule has 0 bridgehead atoms. The lowest BCUT2D eigenvalue weighted by atomic mass is 9.79. The standard InChI is InChI=1S/C19H30N4O7S2/c1-9-14-13(10(2)24)18(26)23(14)15(19(27)28)16(9)31-11-7-12(21-8-11)17(25)20-5-6-32(29,30)22(3)4/h9-14,21,24H,5-8H2,1-4H3,(H,20,25)(H,27,28). The number of amides is 2. The Kier molecular flexibility index (Phi) is 7.25. The summed E-state index contributed by atoms with van der Waals surface area (Å²) in [5.41, 5.74) is -0.0313. The quantitative estimate of drug-likeness (QED) is 0.286. The predicted octanol–water partition coefficient (Wildman–Crippen LogP) is -1.39. The minimum absolute atomic E-state index is 0.000168. The van der Waals surface area contributed by atoms with Crippen LogP contribution in [0.15, 0.2) is 10.6 Å². The highest BCUT2D eigenvalue weighted by molar-refractivity contribution is 8.03. The number of carboxylic acids is 1. The van der Waals surface area contributed by atoms with Crippen molar-refractivity contribution in [2.24, 2.45) is 11.8 Å². The summed E-state index contributed by atoms with van der Waals surface area (Å²) in [6, 6.07) is -0.882. The minimum atomic E-state index is -3.40. The molecule has 4 N–H and O–H groups in total. The third kappa shape index (κ3) is 4.53. The van der Waals surface area contributed by atoms with Crippen LogP contribution in [0.4, 0.5) is 0 Å². The number of aliphatic hydroxyl groups is 1. The highest BCUT2D eigenvalue weighted by Gasteiger charge is 2.60. The number of carbonyl (C=O) groups excluding carboxylic acids is 2. The number of carboxylic acid groups (broad SMARTS) is 1. The molecular formula is C19H30N4O7S2. The van der Waals surface area contributed by atoms with Crippen LogP contribution in [0.2, 0.25) is 0 Å². The number of fused-ring (bicyclic) bond motifs is 1. The Morgan fingerprint density at radius 2 is 2.03 bits per heavy atom. The predicted molar refractivity (Wildman–Crippen MR) is 118 cm³/mol. The third-order valence-corrected chi connectivity index (χ3v) is 9.57. The molecule has 3 aliphatic rings. The fraction of sp³-hybridized carbons (Fsp3) is 0.737. The van der Waals surface area contributed by atoms with Gasteiger partial charge in [0.15, 0.2) is 0 Å². The fourth-order valence-corrected chi connectivity index (χ4v) is 6.66. The van der Waals surface area contributed by atoms with E-state index in [1.165, 1.54) is 37.7 Å². The van der Waals surface area contributed by atoms with E-state index in [4.69, 9.17) is 0 Å². The van der Waals surface area contributed by atoms with Gasteiger partial charge in [0.2, 0.25) is 21.8 Å². The molecule has 3 heterocycles. The van der Waals surface area contributed by atoms with Crippen LogP contribution in [0.5, 0.6) is 0 Å². The molecule has 0 saturated carbocycles. The number of sulfonamides is 1. The highest BCUT2D eigenvalue weighted by Crippen LogP contribution is 2.51. The molecular weight excluding hydrogens is 460 g/mol. The first-order chi connectivity index (χ1) is 14.9. The van der Waals surface area contributed by atoms with E-state index >= 15 is 0 Å². The van der Waals surface area contributed by atoms with Crippen LogP contribution >= 0.6 is 11.8 Å². The number of hydrogen-bond donors (Lipinski definition) is 4. The number of carbonyl (C=O) groups is 3. The molecule has 0 aliphatic carbocycles. The second-order valence-corrected chi connectivity index (χ2v) is 12.2. The van der Waals surface area contributed by atoms with Gasteiger partial charge >= 0.3 is 5.97 Å². The Morgan fingerprint density at radius 3 is 2.59 bits per heavy atom. The van der Waals surface area contributed by atoms with Crippen LogP contribution in [0.25, 0.3) is 0 Å². The lowest BCUT2D eigenvalue weighted by Gasteiger charge is -2.46. The Labute approximate surface area is 191 Å². The maximum absolute atomic E-state index is 12.4. The van der Waals surface area contributed by atoms with Crippen LogP contribution in [-0.2, 0) is 24.4 Å². The van der Waals surface area contributed by atoms with E-state index in [-0.39, 0.29) is 47.0 Å². The van der Waals surface area contributed by atoms with E-state index in [9.17, 15) is 33.0 Å². The summed E-state index contributed by atoms with van der Waals surface area (Å²) in [4.78, 5) is 38.6. The zero-order valence-corrected chi connectivity index (χ0v) is 20.1. The molecule has 180 valence electrons. The molecule has 6 unspecified atom stereocenters. The van der Waals surface area contributed by atoms with Crippen LogP contribution in [-0.4, -0.2) is 102 Å². The molecule has 3 aliphatic heterocycles. The zero-order valence-electron chi connectivity index (χ0n) is 18.4. The molecule has 0 aromatic rings. The molecule has 2 amide bonds. The van der Waals surface area contributed by atoms with Crippen molar-refractivity contribution in [1.82, 2.24) is 19.8 Å². The van der Waals surface area contributed by atoms with Crippen molar-refractivity contribution in [2.75, 3.05) is 32.9 Å². The summed E-state index contributed by atoms with van der Waals surface area (Å²) in [7, 11) is -0.538. The number of nitrogens with one attached hydrogen (secondary N) is 2. The largest absolute Gasteiger partial charge is 0.477 e. The van der Waals surface area contributed by atoms with Crippen LogP contribution in [0, 0.1) is 11.8 Å². The minimum Gasteiger partial charge on any atom is -0.477 e. The summed E-state index contributed by atoms with van der Waals surface area (Å²) in [6.07, 6.45) is -0.415. The number of nitrogens with zero attached hydrogens (tertiary/aromatic N) is 2. The van der Waals surface area contributed by atoms with Gasteiger partial charge in [-0.2, -0.15) is 0 Å². The van der Waals surface area contributed by atoms with Crippen LogP contribution in [0.1, 0.15) is 20.3 Å². The summed E-state index contributed by atoms with van der Waals surface area (Å²) < 4.78 is 24.7. The molecule has 13 heteroatoms. The smallest absolute Gasteiger partial charge is 0.353 e. The van der Waals surface area contributed by atoms with E-state index in [2.05, 4.69) is 10.6 Å². The average molecular weight is 491 g/mol. The summed E-state index contributed by atoms with van der Waals surface area (Å²) >= 11 is 1.35. The van der Waals surface area contributed by atoms with Crippen LogP contribution < -0.4 is 10.6 Å². The number of aliphatic carboxylic acids is 1. The van der Waals surface area contributed by atoms with Crippen molar-refractivity contribution in [1.29, 1.82) is 0 Å². The summed E-state index contributed by atoms with van der Waals surface area (Å²) in [5, 5.41) is 25.3. The van der Waals surface area contributed by atoms with Crippen molar-refractivity contribution in [3.63, 3.8) is 0 Å². The summed E-state index contributed by atoms with van der Waals surface area (Å²) in [6.45, 7) is 3.86. The van der Waals surface area contributed by atoms with Gasteiger partial charge in [-0.25, -0.2) is 17.5 Å². The highest BCUT2D eigenvalue weighted by atomic mass is 32.2. The van der Waals surface area contributed by atoms with Crippen molar-refractivity contribution >= 4 is 39.6 Å². The SMILES string of the molecule is CC(O)C1C(=O)N2C(C(=O)O)=C(SC3CNC(C(=O)NCCS(=O)(=O)N(C)C)C3)C(C)C12. The molecule has 3 rings (SSSR count). The van der Waals surface area contributed by atoms with Gasteiger partial charge in [0.05, 0.1) is 29.9 Å². The second-order valence-electron chi connectivity index (χ2n) is 8.60. The van der Waals surface area contributed by atoms with Gasteiger partial charge < -0.3 is 25.7 Å². The zero-order chi connectivity index (χ0) is 24.0. The van der Waals surface area contributed by atoms with Gasteiger partial charge in [-0.1, -0.05) is 6.92 Å². The molecule has 6 atom stereocenters. The topological polar surface area (TPSA) is 156 Å². The fourth-order valence-electron chi connectivity index (χ4n) is 4.46. The van der Waals surface area contributed by atoms with Crippen molar-refractivity contribution in [2.45, 2.75) is 43.7 Å². The molecule has 2 saturated heterocycles. The number of hydrogen-bond acceptors (Lipinski definition) is 8. The van der Waals surface area contributed by atoms with E-state index < -0.39 is 34.1 Å². The monoisotopic (exact) mass is 490 g/mol. The number of rotatable bonds is 9.